The summed E-state index contributed by atoms with van der Waals surface area (Å²) in [5.41, 5.74) is 0.904. The molecule has 3 rings (SSSR count). The van der Waals surface area contributed by atoms with Gasteiger partial charge in [-0.2, -0.15) is 0 Å². The Balaban J connectivity index is 1.94. The van der Waals surface area contributed by atoms with E-state index in [0.717, 1.165) is 0 Å². The van der Waals surface area contributed by atoms with Crippen LogP contribution in [-0.2, 0) is 0 Å². The van der Waals surface area contributed by atoms with Crippen LogP contribution >= 0.6 is 11.3 Å². The number of anilines is 1. The standard InChI is InChI=1S/C17H12FNO2S/c1-10(20)11-5-2-3-7-14(11)19-17(21)16-9-12-13(18)6-4-8-15(12)22-16/h2-9H,1H3,(H,19,21). The Morgan fingerprint density at radius 3 is 2.59 bits per heavy atom. The average molecular weight is 313 g/mol. The summed E-state index contributed by atoms with van der Waals surface area (Å²) in [5, 5.41) is 3.15. The van der Waals surface area contributed by atoms with E-state index < -0.39 is 0 Å². The number of Topliss-reactive ketones (excluding diaryl/α,β-unsaturated/α-hetero) is 1. The predicted molar refractivity (Wildman–Crippen MR) is 86.2 cm³/mol. The van der Waals surface area contributed by atoms with Crippen LogP contribution in [0.1, 0.15) is 27.0 Å². The molecule has 0 aliphatic rings. The first-order valence-corrected chi connectivity index (χ1v) is 7.47. The van der Waals surface area contributed by atoms with Gasteiger partial charge in [0.15, 0.2) is 5.78 Å². The molecule has 0 unspecified atom stereocenters. The van der Waals surface area contributed by atoms with Crippen molar-refractivity contribution in [3.8, 4) is 0 Å². The maximum absolute atomic E-state index is 13.7. The molecule has 1 aromatic heterocycles. The summed E-state index contributed by atoms with van der Waals surface area (Å²) in [4.78, 5) is 24.3. The first-order valence-electron chi connectivity index (χ1n) is 6.65. The molecular weight excluding hydrogens is 301 g/mol. The van der Waals surface area contributed by atoms with Gasteiger partial charge in [-0.1, -0.05) is 18.2 Å². The number of benzene rings is 2. The van der Waals surface area contributed by atoms with Crippen molar-refractivity contribution in [2.45, 2.75) is 6.92 Å². The van der Waals surface area contributed by atoms with E-state index >= 15 is 0 Å². The number of thiophene rings is 1. The number of amides is 1. The molecule has 1 amide bonds. The van der Waals surface area contributed by atoms with Crippen LogP contribution in [0.15, 0.2) is 48.5 Å². The lowest BCUT2D eigenvalue weighted by atomic mass is 10.1. The molecular formula is C17H12FNO2S. The third-order valence-electron chi connectivity index (χ3n) is 3.29. The van der Waals surface area contributed by atoms with Crippen LogP contribution in [-0.4, -0.2) is 11.7 Å². The van der Waals surface area contributed by atoms with Crippen molar-refractivity contribution in [3.05, 3.63) is 64.8 Å². The van der Waals surface area contributed by atoms with E-state index in [4.69, 9.17) is 0 Å². The molecule has 0 radical (unpaired) electrons. The summed E-state index contributed by atoms with van der Waals surface area (Å²) >= 11 is 1.22. The molecule has 110 valence electrons. The highest BCUT2D eigenvalue weighted by molar-refractivity contribution is 7.20. The van der Waals surface area contributed by atoms with Gasteiger partial charge in [-0.25, -0.2) is 4.39 Å². The second-order valence-corrected chi connectivity index (χ2v) is 5.90. The monoisotopic (exact) mass is 313 g/mol. The fourth-order valence-electron chi connectivity index (χ4n) is 2.22. The molecule has 0 saturated heterocycles. The topological polar surface area (TPSA) is 46.2 Å². The second kappa shape index (κ2) is 5.69. The Morgan fingerprint density at radius 2 is 1.86 bits per heavy atom. The number of carbonyl (C=O) groups excluding carboxylic acids is 2. The second-order valence-electron chi connectivity index (χ2n) is 4.82. The van der Waals surface area contributed by atoms with E-state index in [1.165, 1.54) is 30.4 Å². The molecule has 0 spiro atoms. The van der Waals surface area contributed by atoms with Gasteiger partial charge in [0.25, 0.3) is 5.91 Å². The molecule has 0 saturated carbocycles. The zero-order valence-corrected chi connectivity index (χ0v) is 12.5. The van der Waals surface area contributed by atoms with Crippen LogP contribution in [0.5, 0.6) is 0 Å². The smallest absolute Gasteiger partial charge is 0.265 e. The fourth-order valence-corrected chi connectivity index (χ4v) is 3.19. The van der Waals surface area contributed by atoms with E-state index in [1.807, 2.05) is 0 Å². The molecule has 5 heteroatoms. The van der Waals surface area contributed by atoms with Gasteiger partial charge in [-0.05, 0) is 37.3 Å². The number of fused-ring (bicyclic) bond motifs is 1. The highest BCUT2D eigenvalue weighted by Crippen LogP contribution is 2.28. The van der Waals surface area contributed by atoms with Crippen LogP contribution in [0.25, 0.3) is 10.1 Å². The van der Waals surface area contributed by atoms with Gasteiger partial charge in [0.1, 0.15) is 5.82 Å². The fraction of sp³-hybridized carbons (Fsp3) is 0.0588. The number of hydrogen-bond acceptors (Lipinski definition) is 3. The average Bonchev–Trinajstić information content (AvgIpc) is 2.93. The van der Waals surface area contributed by atoms with Gasteiger partial charge in [-0.3, -0.25) is 9.59 Å². The molecule has 0 aliphatic carbocycles. The number of halogens is 1. The van der Waals surface area contributed by atoms with Gasteiger partial charge in [-0.15, -0.1) is 11.3 Å². The predicted octanol–water partition coefficient (Wildman–Crippen LogP) is 4.50. The largest absolute Gasteiger partial charge is 0.321 e. The van der Waals surface area contributed by atoms with Gasteiger partial charge >= 0.3 is 0 Å². The molecule has 0 bridgehead atoms. The number of rotatable bonds is 3. The molecule has 1 heterocycles. The molecule has 0 aliphatic heterocycles. The van der Waals surface area contributed by atoms with Crippen LogP contribution in [0.2, 0.25) is 0 Å². The van der Waals surface area contributed by atoms with Crippen molar-refractivity contribution in [2.75, 3.05) is 5.32 Å². The summed E-state index contributed by atoms with van der Waals surface area (Å²) < 4.78 is 14.4. The molecule has 1 N–H and O–H groups in total. The van der Waals surface area contributed by atoms with E-state index in [-0.39, 0.29) is 17.5 Å². The van der Waals surface area contributed by atoms with E-state index in [0.29, 0.717) is 26.2 Å². The maximum atomic E-state index is 13.7. The van der Waals surface area contributed by atoms with Crippen molar-refractivity contribution in [3.63, 3.8) is 0 Å². The van der Waals surface area contributed by atoms with Crippen molar-refractivity contribution in [1.29, 1.82) is 0 Å². The minimum Gasteiger partial charge on any atom is -0.321 e. The van der Waals surface area contributed by atoms with Crippen molar-refractivity contribution in [2.24, 2.45) is 0 Å². The first-order chi connectivity index (χ1) is 10.6. The Bertz CT molecular complexity index is 885. The summed E-state index contributed by atoms with van der Waals surface area (Å²) in [6.45, 7) is 1.44. The van der Waals surface area contributed by atoms with E-state index in [1.54, 1.807) is 36.4 Å². The van der Waals surface area contributed by atoms with Crippen molar-refractivity contribution >= 4 is 38.8 Å². The van der Waals surface area contributed by atoms with E-state index in [9.17, 15) is 14.0 Å². The molecule has 2 aromatic carbocycles. The van der Waals surface area contributed by atoms with Gasteiger partial charge < -0.3 is 5.32 Å². The van der Waals surface area contributed by atoms with Crippen LogP contribution in [0.3, 0.4) is 0 Å². The third-order valence-corrected chi connectivity index (χ3v) is 4.39. The molecule has 3 aromatic rings. The Labute approximate surface area is 130 Å². The van der Waals surface area contributed by atoms with E-state index in [2.05, 4.69) is 5.32 Å². The summed E-state index contributed by atoms with van der Waals surface area (Å²) in [6.07, 6.45) is 0. The normalized spacial score (nSPS) is 10.6. The molecule has 0 atom stereocenters. The van der Waals surface area contributed by atoms with Crippen molar-refractivity contribution < 1.29 is 14.0 Å². The number of para-hydroxylation sites is 1. The van der Waals surface area contributed by atoms with Crippen LogP contribution in [0, 0.1) is 5.82 Å². The maximum Gasteiger partial charge on any atom is 0.265 e. The van der Waals surface area contributed by atoms with Crippen LogP contribution < -0.4 is 5.32 Å². The highest BCUT2D eigenvalue weighted by Gasteiger charge is 2.15. The lowest BCUT2D eigenvalue weighted by Gasteiger charge is -2.07. The quantitative estimate of drug-likeness (QED) is 0.724. The Hall–Kier alpha value is -2.53. The SMILES string of the molecule is CC(=O)c1ccccc1NC(=O)c1cc2c(F)cccc2s1. The molecule has 0 fully saturated rings. The minimum atomic E-state index is -0.352. The van der Waals surface area contributed by atoms with Gasteiger partial charge in [0.2, 0.25) is 0 Å². The van der Waals surface area contributed by atoms with Gasteiger partial charge in [0, 0.05) is 15.6 Å². The van der Waals surface area contributed by atoms with Gasteiger partial charge in [0.05, 0.1) is 10.6 Å². The Kier molecular flexibility index (Phi) is 3.73. The zero-order valence-electron chi connectivity index (χ0n) is 11.7. The lowest BCUT2D eigenvalue weighted by molar-refractivity contribution is 0.101. The number of hydrogen-bond donors (Lipinski definition) is 1. The number of ketones is 1. The minimum absolute atomic E-state index is 0.127. The Morgan fingerprint density at radius 1 is 1.09 bits per heavy atom. The van der Waals surface area contributed by atoms with Crippen molar-refractivity contribution in [1.82, 2.24) is 0 Å². The van der Waals surface area contributed by atoms with Crippen LogP contribution in [0.4, 0.5) is 10.1 Å². The number of carbonyl (C=O) groups is 2. The first kappa shape index (κ1) is 14.4. The summed E-state index contributed by atoms with van der Waals surface area (Å²) in [6, 6.07) is 13.1. The highest BCUT2D eigenvalue weighted by atomic mass is 32.1. The molecule has 3 nitrogen and oxygen atoms in total. The lowest BCUT2D eigenvalue weighted by Crippen LogP contribution is -2.12. The number of nitrogens with one attached hydrogen (secondary N) is 1. The summed E-state index contributed by atoms with van der Waals surface area (Å²) in [7, 11) is 0. The molecule has 22 heavy (non-hydrogen) atoms. The third kappa shape index (κ3) is 2.63. The summed E-state index contributed by atoms with van der Waals surface area (Å²) in [5.74, 6) is -0.829. The zero-order chi connectivity index (χ0) is 15.7.